The Balaban J connectivity index is 0.932. The van der Waals surface area contributed by atoms with Crippen molar-refractivity contribution in [1.82, 2.24) is 19.6 Å². The Hall–Kier alpha value is -5.02. The molecule has 16 heteroatoms. The number of benzene rings is 3. The first-order chi connectivity index (χ1) is 29.6. The molecule has 334 valence electrons. The van der Waals surface area contributed by atoms with E-state index in [4.69, 9.17) is 26.8 Å². The molecular formula is C46H56ClF3N6O6. The Morgan fingerprint density at radius 2 is 1.66 bits per heavy atom. The van der Waals surface area contributed by atoms with Gasteiger partial charge in [-0.2, -0.15) is 13.2 Å². The SMILES string of the molecule is CC(CCN(C)C(=O)[C@@H](Cc1cc(Cl)c(N)c(C(F)(F)F)c1)OC(=O)N1CCC(N2CCc3ccccc3NC2=O)CC1)C1CCN(CC(=O)Oc2ccc3c(c2)CCC3)CC1. The number of ether oxygens (including phenoxy) is 2. The number of likely N-dealkylation sites (N-methyl/N-ethyl adjacent to an activating group) is 1. The third kappa shape index (κ3) is 10.9. The molecule has 1 aliphatic carbocycles. The number of hydrogen-bond donors (Lipinski definition) is 2. The summed E-state index contributed by atoms with van der Waals surface area (Å²) in [6.07, 6.45) is -0.136. The van der Waals surface area contributed by atoms with Gasteiger partial charge in [0.25, 0.3) is 5.91 Å². The Kier molecular flexibility index (Phi) is 14.2. The number of esters is 1. The molecule has 0 spiro atoms. The van der Waals surface area contributed by atoms with E-state index in [0.29, 0.717) is 50.4 Å². The van der Waals surface area contributed by atoms with Crippen molar-refractivity contribution in [2.24, 2.45) is 11.8 Å². The highest BCUT2D eigenvalue weighted by Crippen LogP contribution is 2.38. The van der Waals surface area contributed by atoms with Crippen LogP contribution >= 0.6 is 11.6 Å². The molecule has 2 fully saturated rings. The molecule has 0 bridgehead atoms. The summed E-state index contributed by atoms with van der Waals surface area (Å²) in [4.78, 5) is 60.6. The van der Waals surface area contributed by atoms with E-state index < -0.39 is 35.5 Å². The lowest BCUT2D eigenvalue weighted by Crippen LogP contribution is -2.51. The first-order valence-electron chi connectivity index (χ1n) is 21.7. The largest absolute Gasteiger partial charge is 0.436 e. The lowest BCUT2D eigenvalue weighted by molar-refractivity contribution is -0.139. The number of alkyl halides is 3. The molecule has 2 saturated heterocycles. The van der Waals surface area contributed by atoms with Crippen molar-refractivity contribution >= 4 is 47.0 Å². The molecule has 7 rings (SSSR count). The van der Waals surface area contributed by atoms with Crippen molar-refractivity contribution in [2.75, 3.05) is 63.9 Å². The molecule has 3 N–H and O–H groups in total. The number of halogens is 4. The average Bonchev–Trinajstić information content (AvgIpc) is 3.65. The van der Waals surface area contributed by atoms with Gasteiger partial charge in [0.2, 0.25) is 0 Å². The Labute approximate surface area is 365 Å². The van der Waals surface area contributed by atoms with Crippen LogP contribution in [0.2, 0.25) is 5.02 Å². The van der Waals surface area contributed by atoms with E-state index in [1.807, 2.05) is 42.5 Å². The van der Waals surface area contributed by atoms with Crippen molar-refractivity contribution in [3.8, 4) is 5.75 Å². The van der Waals surface area contributed by atoms with Gasteiger partial charge in [0.15, 0.2) is 6.10 Å². The number of hydrogen-bond acceptors (Lipinski definition) is 8. The first-order valence-corrected chi connectivity index (χ1v) is 22.1. The number of aryl methyl sites for hydroxylation is 2. The van der Waals surface area contributed by atoms with Gasteiger partial charge in [-0.1, -0.05) is 42.8 Å². The second kappa shape index (κ2) is 19.6. The van der Waals surface area contributed by atoms with Crippen molar-refractivity contribution in [2.45, 2.75) is 89.5 Å². The molecule has 3 aromatic rings. The van der Waals surface area contributed by atoms with Gasteiger partial charge < -0.3 is 35.2 Å². The molecule has 3 aliphatic heterocycles. The van der Waals surface area contributed by atoms with Gasteiger partial charge in [-0.3, -0.25) is 14.5 Å². The van der Waals surface area contributed by atoms with Crippen LogP contribution in [-0.2, 0) is 46.2 Å². The van der Waals surface area contributed by atoms with Crippen LogP contribution in [0.5, 0.6) is 5.75 Å². The van der Waals surface area contributed by atoms with Gasteiger partial charge in [-0.15, -0.1) is 0 Å². The number of urea groups is 1. The highest BCUT2D eigenvalue weighted by molar-refractivity contribution is 6.33. The molecule has 3 aromatic carbocycles. The molecule has 0 radical (unpaired) electrons. The summed E-state index contributed by atoms with van der Waals surface area (Å²) in [5, 5.41) is 2.67. The van der Waals surface area contributed by atoms with Gasteiger partial charge in [0.1, 0.15) is 5.75 Å². The number of anilines is 2. The molecular weight excluding hydrogens is 825 g/mol. The predicted molar refractivity (Wildman–Crippen MR) is 230 cm³/mol. The third-order valence-electron chi connectivity index (χ3n) is 13.1. The Bertz CT molecular complexity index is 2120. The van der Waals surface area contributed by atoms with Crippen LogP contribution in [0, 0.1) is 11.8 Å². The van der Waals surface area contributed by atoms with E-state index in [9.17, 15) is 32.3 Å². The van der Waals surface area contributed by atoms with Crippen LogP contribution in [0.3, 0.4) is 0 Å². The normalized spacial score (nSPS) is 18.6. The second-order valence-electron chi connectivity index (χ2n) is 17.3. The molecule has 0 aromatic heterocycles. The fourth-order valence-electron chi connectivity index (χ4n) is 9.34. The molecule has 4 amide bonds. The number of nitrogens with one attached hydrogen (secondary N) is 1. The van der Waals surface area contributed by atoms with Gasteiger partial charge >= 0.3 is 24.3 Å². The summed E-state index contributed by atoms with van der Waals surface area (Å²) in [5.74, 6) is 0.328. The summed E-state index contributed by atoms with van der Waals surface area (Å²) >= 11 is 6.15. The lowest BCUT2D eigenvalue weighted by Gasteiger charge is -2.38. The number of amides is 4. The van der Waals surface area contributed by atoms with Crippen molar-refractivity contribution in [3.63, 3.8) is 0 Å². The molecule has 0 saturated carbocycles. The zero-order valence-electron chi connectivity index (χ0n) is 35.4. The number of nitrogens with zero attached hydrogens (tertiary/aromatic N) is 4. The molecule has 3 heterocycles. The maximum Gasteiger partial charge on any atom is 0.418 e. The summed E-state index contributed by atoms with van der Waals surface area (Å²) in [7, 11) is 1.60. The summed E-state index contributed by atoms with van der Waals surface area (Å²) in [6, 6.07) is 15.3. The smallest absolute Gasteiger partial charge is 0.418 e. The zero-order valence-corrected chi connectivity index (χ0v) is 36.1. The number of rotatable bonds is 12. The van der Waals surface area contributed by atoms with E-state index in [1.165, 1.54) is 27.0 Å². The van der Waals surface area contributed by atoms with Crippen molar-refractivity contribution in [3.05, 3.63) is 87.4 Å². The number of carbonyl (C=O) groups excluding carboxylic acids is 4. The maximum absolute atomic E-state index is 14.1. The standard InChI is InChI=1S/C46H56ClF3N6O6/c1-29(31-13-19-54(20-14-31)28-41(57)61-36-11-10-32-7-5-8-34(32)27-36)12-18-53(2)43(58)40(26-30-24-37(46(48,49)50)42(51)38(47)25-30)62-45(60)55-21-16-35(17-22-55)56-23-15-33-6-3-4-9-39(33)52-44(56)59/h3-4,6,9-11,24-25,27,29,31,35,40H,5,7-8,12-23,26,28,51H2,1-2H3,(H,52,59)/t29?,40-/m1/s1. The minimum atomic E-state index is -4.80. The number of nitrogens with two attached hydrogens (primary N) is 1. The lowest BCUT2D eigenvalue weighted by atomic mass is 9.83. The zero-order chi connectivity index (χ0) is 44.1. The van der Waals surface area contributed by atoms with Crippen molar-refractivity contribution < 1.29 is 41.8 Å². The minimum absolute atomic E-state index is 0.0410. The number of likely N-dealkylation sites (tertiary alicyclic amines) is 2. The summed E-state index contributed by atoms with van der Waals surface area (Å²) < 4.78 is 53.3. The molecule has 62 heavy (non-hydrogen) atoms. The van der Waals surface area contributed by atoms with E-state index in [2.05, 4.69) is 17.1 Å². The van der Waals surface area contributed by atoms with Gasteiger partial charge in [-0.25, -0.2) is 9.59 Å². The fraction of sp³-hybridized carbons (Fsp3) is 0.522. The van der Waals surface area contributed by atoms with Crippen LogP contribution in [0.4, 0.5) is 34.1 Å². The average molecular weight is 881 g/mol. The fourth-order valence-corrected chi connectivity index (χ4v) is 9.58. The van der Waals surface area contributed by atoms with Crippen LogP contribution in [-0.4, -0.2) is 109 Å². The van der Waals surface area contributed by atoms with Gasteiger partial charge in [0.05, 0.1) is 22.8 Å². The Morgan fingerprint density at radius 1 is 0.935 bits per heavy atom. The van der Waals surface area contributed by atoms with Crippen LogP contribution in [0.15, 0.2) is 54.6 Å². The van der Waals surface area contributed by atoms with Crippen LogP contribution in [0.1, 0.15) is 73.3 Å². The number of carbonyl (C=O) groups is 4. The molecule has 2 atom stereocenters. The van der Waals surface area contributed by atoms with E-state index in [0.717, 1.165) is 62.5 Å². The molecule has 1 unspecified atom stereocenters. The third-order valence-corrected chi connectivity index (χ3v) is 13.4. The molecule has 12 nitrogen and oxygen atoms in total. The van der Waals surface area contributed by atoms with Crippen molar-refractivity contribution in [1.29, 1.82) is 0 Å². The topological polar surface area (TPSA) is 138 Å². The summed E-state index contributed by atoms with van der Waals surface area (Å²) in [6.45, 7) is 5.18. The number of nitrogen functional groups attached to an aromatic ring is 1. The number of fused-ring (bicyclic) bond motifs is 2. The van der Waals surface area contributed by atoms with E-state index in [1.54, 1.807) is 11.9 Å². The van der Waals surface area contributed by atoms with Gasteiger partial charge in [0, 0.05) is 51.4 Å². The van der Waals surface area contributed by atoms with E-state index >= 15 is 0 Å². The minimum Gasteiger partial charge on any atom is -0.436 e. The highest BCUT2D eigenvalue weighted by Gasteiger charge is 2.37. The predicted octanol–water partition coefficient (Wildman–Crippen LogP) is 7.83. The van der Waals surface area contributed by atoms with E-state index in [-0.39, 0.29) is 60.6 Å². The quantitative estimate of drug-likeness (QED) is 0.107. The Morgan fingerprint density at radius 3 is 2.40 bits per heavy atom. The van der Waals surface area contributed by atoms with Crippen LogP contribution in [0.25, 0.3) is 0 Å². The first kappa shape index (κ1) is 45.0. The second-order valence-corrected chi connectivity index (χ2v) is 17.7. The highest BCUT2D eigenvalue weighted by atomic mass is 35.5. The number of para-hydroxylation sites is 1. The number of piperidine rings is 2. The molecule has 4 aliphatic rings. The van der Waals surface area contributed by atoms with Gasteiger partial charge in [-0.05, 0) is 135 Å². The van der Waals surface area contributed by atoms with Crippen LogP contribution < -0.4 is 15.8 Å². The summed E-state index contributed by atoms with van der Waals surface area (Å²) in [5.41, 5.74) is 8.37. The monoisotopic (exact) mass is 880 g/mol. The maximum atomic E-state index is 14.1.